The number of para-hydroxylation sites is 1. The van der Waals surface area contributed by atoms with Gasteiger partial charge in [0.15, 0.2) is 5.76 Å². The maximum atomic E-state index is 12.7. The first kappa shape index (κ1) is 22.6. The lowest BCUT2D eigenvalue weighted by molar-refractivity contribution is 0.0828. The molecule has 1 fully saturated rings. The normalized spacial score (nSPS) is 14.1. The molecule has 0 unspecified atom stereocenters. The molecule has 1 aliphatic heterocycles. The van der Waals surface area contributed by atoms with Gasteiger partial charge in [-0.25, -0.2) is 8.42 Å². The number of benzene rings is 2. The molecule has 2 aromatic carbocycles. The predicted molar refractivity (Wildman–Crippen MR) is 119 cm³/mol. The quantitative estimate of drug-likeness (QED) is 0.514. The minimum absolute atomic E-state index is 0.00315. The number of carbonyl (C=O) groups excluding carboxylic acids is 2. The molecule has 1 aliphatic rings. The number of furan rings is 1. The van der Waals surface area contributed by atoms with E-state index in [-0.39, 0.29) is 22.8 Å². The number of amides is 2. The number of sulfonamides is 1. The molecule has 0 aliphatic carbocycles. The average Bonchev–Trinajstić information content (AvgIpc) is 3.54. The topological polar surface area (TPSA) is 118 Å². The zero-order valence-electron chi connectivity index (χ0n) is 17.7. The highest BCUT2D eigenvalue weighted by Crippen LogP contribution is 2.21. The van der Waals surface area contributed by atoms with Crippen LogP contribution in [0.5, 0.6) is 5.75 Å². The summed E-state index contributed by atoms with van der Waals surface area (Å²) in [4.78, 5) is 25.1. The van der Waals surface area contributed by atoms with Crippen LogP contribution in [-0.4, -0.2) is 37.6 Å². The molecule has 0 atom stereocenters. The lowest BCUT2D eigenvalue weighted by Gasteiger charge is -2.16. The number of rotatable bonds is 7. The van der Waals surface area contributed by atoms with Gasteiger partial charge in [-0.05, 0) is 49.2 Å². The van der Waals surface area contributed by atoms with E-state index in [9.17, 15) is 18.0 Å². The fourth-order valence-electron chi connectivity index (χ4n) is 3.44. The second-order valence-electron chi connectivity index (χ2n) is 7.42. The Morgan fingerprint density at radius 2 is 1.67 bits per heavy atom. The molecule has 2 N–H and O–H groups in total. The zero-order valence-corrected chi connectivity index (χ0v) is 18.5. The molecule has 1 saturated heterocycles. The second-order valence-corrected chi connectivity index (χ2v) is 9.36. The van der Waals surface area contributed by atoms with Gasteiger partial charge < -0.3 is 9.15 Å². The van der Waals surface area contributed by atoms with Gasteiger partial charge in [0.25, 0.3) is 5.91 Å². The van der Waals surface area contributed by atoms with Crippen LogP contribution >= 0.6 is 0 Å². The van der Waals surface area contributed by atoms with Crippen LogP contribution in [0.25, 0.3) is 0 Å². The number of hydrazine groups is 1. The van der Waals surface area contributed by atoms with Gasteiger partial charge in [-0.1, -0.05) is 24.3 Å². The summed E-state index contributed by atoms with van der Waals surface area (Å²) in [6.45, 7) is 1.04. The summed E-state index contributed by atoms with van der Waals surface area (Å²) in [5.74, 6) is -0.685. The summed E-state index contributed by atoms with van der Waals surface area (Å²) in [6, 6.07) is 16.4. The Morgan fingerprint density at radius 1 is 0.939 bits per heavy atom. The van der Waals surface area contributed by atoms with E-state index in [4.69, 9.17) is 9.15 Å². The third-order valence-corrected chi connectivity index (χ3v) is 7.07. The Morgan fingerprint density at radius 3 is 2.42 bits per heavy atom. The largest absolute Gasteiger partial charge is 0.489 e. The van der Waals surface area contributed by atoms with Crippen LogP contribution in [0.15, 0.2) is 76.2 Å². The molecule has 0 saturated carbocycles. The maximum Gasteiger partial charge on any atom is 0.305 e. The Balaban J connectivity index is 1.38. The van der Waals surface area contributed by atoms with Crippen molar-refractivity contribution in [2.24, 2.45) is 0 Å². The van der Waals surface area contributed by atoms with E-state index in [0.29, 0.717) is 24.4 Å². The van der Waals surface area contributed by atoms with Crippen LogP contribution in [0.4, 0.5) is 0 Å². The Hall–Kier alpha value is -3.63. The third kappa shape index (κ3) is 5.24. The van der Waals surface area contributed by atoms with Gasteiger partial charge in [0.2, 0.25) is 10.0 Å². The lowest BCUT2D eigenvalue weighted by atomic mass is 10.2. The number of hydrogen-bond acceptors (Lipinski definition) is 6. The summed E-state index contributed by atoms with van der Waals surface area (Å²) in [7, 11) is -3.66. The highest BCUT2D eigenvalue weighted by atomic mass is 32.2. The molecule has 3 aromatic rings. The van der Waals surface area contributed by atoms with Crippen molar-refractivity contribution >= 4 is 21.8 Å². The van der Waals surface area contributed by atoms with Crippen molar-refractivity contribution in [1.82, 2.24) is 15.2 Å². The highest BCUT2D eigenvalue weighted by molar-refractivity contribution is 7.89. The first-order chi connectivity index (χ1) is 15.9. The van der Waals surface area contributed by atoms with Crippen molar-refractivity contribution in [3.63, 3.8) is 0 Å². The van der Waals surface area contributed by atoms with E-state index < -0.39 is 21.8 Å². The fourth-order valence-corrected chi connectivity index (χ4v) is 5.01. The number of carbonyl (C=O) groups is 2. The van der Waals surface area contributed by atoms with Crippen LogP contribution < -0.4 is 15.6 Å². The van der Waals surface area contributed by atoms with Crippen LogP contribution in [0, 0.1) is 0 Å². The molecular weight excluding hydrogens is 446 g/mol. The molecule has 172 valence electrons. The van der Waals surface area contributed by atoms with Crippen molar-refractivity contribution in [2.75, 3.05) is 13.1 Å². The first-order valence-electron chi connectivity index (χ1n) is 10.4. The van der Waals surface area contributed by atoms with Gasteiger partial charge >= 0.3 is 5.91 Å². The summed E-state index contributed by atoms with van der Waals surface area (Å²) >= 11 is 0. The van der Waals surface area contributed by atoms with Crippen molar-refractivity contribution in [3.05, 3.63) is 83.8 Å². The Bertz CT molecular complexity index is 1230. The van der Waals surface area contributed by atoms with Crippen molar-refractivity contribution in [1.29, 1.82) is 0 Å². The molecule has 1 aromatic heterocycles. The lowest BCUT2D eigenvalue weighted by Crippen LogP contribution is -2.41. The number of hydrogen-bond donors (Lipinski definition) is 2. The number of nitrogens with one attached hydrogen (secondary N) is 2. The van der Waals surface area contributed by atoms with Gasteiger partial charge in [-0.3, -0.25) is 20.4 Å². The summed E-state index contributed by atoms with van der Waals surface area (Å²) < 4.78 is 37.8. The molecule has 33 heavy (non-hydrogen) atoms. The fraction of sp³-hybridized carbons (Fsp3) is 0.217. The molecule has 9 nitrogen and oxygen atoms in total. The summed E-state index contributed by atoms with van der Waals surface area (Å²) in [6.07, 6.45) is 2.99. The smallest absolute Gasteiger partial charge is 0.305 e. The van der Waals surface area contributed by atoms with Crippen LogP contribution in [0.2, 0.25) is 0 Å². The molecule has 0 bridgehead atoms. The Labute approximate surface area is 191 Å². The Kier molecular flexibility index (Phi) is 6.76. The molecule has 10 heteroatoms. The molecule has 2 heterocycles. The van der Waals surface area contributed by atoms with E-state index in [1.54, 1.807) is 18.2 Å². The summed E-state index contributed by atoms with van der Waals surface area (Å²) in [5.41, 5.74) is 5.18. The number of ether oxygens (including phenoxy) is 1. The van der Waals surface area contributed by atoms with E-state index >= 15 is 0 Å². The standard InChI is InChI=1S/C23H23N3O6S/c27-22(17-7-6-10-20(15-17)33(29,30)26-12-4-5-13-26)24-25-23(28)21-18(11-14-31-21)16-32-19-8-2-1-3-9-19/h1-3,6-11,14-15H,4-5,12-13,16H2,(H,24,27)(H,25,28). The minimum Gasteiger partial charge on any atom is -0.489 e. The molecule has 0 radical (unpaired) electrons. The van der Waals surface area contributed by atoms with Crippen molar-refractivity contribution in [3.8, 4) is 5.75 Å². The first-order valence-corrected chi connectivity index (χ1v) is 11.8. The zero-order chi connectivity index (χ0) is 23.3. The molecule has 0 spiro atoms. The predicted octanol–water partition coefficient (Wildman–Crippen LogP) is 2.72. The van der Waals surface area contributed by atoms with E-state index in [1.807, 2.05) is 18.2 Å². The van der Waals surface area contributed by atoms with Gasteiger partial charge in [0.1, 0.15) is 12.4 Å². The minimum atomic E-state index is -3.66. The van der Waals surface area contributed by atoms with E-state index in [1.165, 1.54) is 34.8 Å². The summed E-state index contributed by atoms with van der Waals surface area (Å²) in [5, 5.41) is 0. The highest BCUT2D eigenvalue weighted by Gasteiger charge is 2.27. The van der Waals surface area contributed by atoms with E-state index in [0.717, 1.165) is 12.8 Å². The van der Waals surface area contributed by atoms with Gasteiger partial charge in [0, 0.05) is 24.2 Å². The monoisotopic (exact) mass is 469 g/mol. The maximum absolute atomic E-state index is 12.7. The van der Waals surface area contributed by atoms with Crippen molar-refractivity contribution < 1.29 is 27.2 Å². The molecule has 4 rings (SSSR count). The van der Waals surface area contributed by atoms with Gasteiger partial charge in [-0.2, -0.15) is 4.31 Å². The van der Waals surface area contributed by atoms with Crippen LogP contribution in [-0.2, 0) is 16.6 Å². The average molecular weight is 470 g/mol. The number of nitrogens with zero attached hydrogens (tertiary/aromatic N) is 1. The third-order valence-electron chi connectivity index (χ3n) is 5.18. The van der Waals surface area contributed by atoms with E-state index in [2.05, 4.69) is 10.9 Å². The second kappa shape index (κ2) is 9.88. The molecular formula is C23H23N3O6S. The van der Waals surface area contributed by atoms with Gasteiger partial charge in [0.05, 0.1) is 11.2 Å². The van der Waals surface area contributed by atoms with Gasteiger partial charge in [-0.15, -0.1) is 0 Å². The SMILES string of the molecule is O=C(NNC(=O)c1occc1COc1ccccc1)c1cccc(S(=O)(=O)N2CCCC2)c1. The van der Waals surface area contributed by atoms with Crippen molar-refractivity contribution in [2.45, 2.75) is 24.3 Å². The van der Waals surface area contributed by atoms with Crippen LogP contribution in [0.1, 0.15) is 39.3 Å². The molecule has 2 amide bonds. The van der Waals surface area contributed by atoms with Crippen LogP contribution in [0.3, 0.4) is 0 Å².